The highest BCUT2D eigenvalue weighted by Gasteiger charge is 2.32. The van der Waals surface area contributed by atoms with Crippen LogP contribution in [-0.2, 0) is 27.4 Å². The lowest BCUT2D eigenvalue weighted by atomic mass is 9.98. The molecule has 1 saturated heterocycles. The molecule has 1 aromatic carbocycles. The fourth-order valence-electron chi connectivity index (χ4n) is 5.41. The van der Waals surface area contributed by atoms with Crippen molar-refractivity contribution in [3.8, 4) is 0 Å². The number of amides is 3. The third-order valence-electron chi connectivity index (χ3n) is 7.86. The van der Waals surface area contributed by atoms with Gasteiger partial charge in [-0.15, -0.1) is 0 Å². The maximum Gasteiger partial charge on any atom is 0.310 e. The van der Waals surface area contributed by atoms with Crippen LogP contribution in [0, 0.1) is 5.92 Å². The molecule has 0 aliphatic carbocycles. The summed E-state index contributed by atoms with van der Waals surface area (Å²) in [5, 5.41) is 4.54. The van der Waals surface area contributed by atoms with Crippen molar-refractivity contribution >= 4 is 23.7 Å². The number of piperidine rings is 1. The molecule has 216 valence electrons. The SMILES string of the molecule is CCOC(=O)[C@H]1CCCN(C(=O)CCN(C(=O)c2cc3n(n2)CCCN(Cc2ccccc2)C3=O)[C@H](C)CC)C1. The van der Waals surface area contributed by atoms with Gasteiger partial charge in [-0.25, -0.2) is 0 Å². The van der Waals surface area contributed by atoms with E-state index in [0.29, 0.717) is 57.9 Å². The monoisotopic (exact) mass is 551 g/mol. The summed E-state index contributed by atoms with van der Waals surface area (Å²) < 4.78 is 6.80. The highest BCUT2D eigenvalue weighted by molar-refractivity contribution is 5.98. The molecule has 2 aromatic rings. The number of nitrogens with zero attached hydrogens (tertiary/aromatic N) is 5. The van der Waals surface area contributed by atoms with Crippen molar-refractivity contribution in [3.63, 3.8) is 0 Å². The highest BCUT2D eigenvalue weighted by Crippen LogP contribution is 2.21. The first-order chi connectivity index (χ1) is 19.3. The number of carbonyl (C=O) groups is 4. The Morgan fingerprint density at radius 3 is 2.60 bits per heavy atom. The molecule has 2 aliphatic rings. The molecule has 3 amide bonds. The molecule has 40 heavy (non-hydrogen) atoms. The van der Waals surface area contributed by atoms with E-state index in [1.165, 1.54) is 0 Å². The smallest absolute Gasteiger partial charge is 0.310 e. The van der Waals surface area contributed by atoms with Crippen LogP contribution < -0.4 is 0 Å². The second-order valence-corrected chi connectivity index (χ2v) is 10.6. The lowest BCUT2D eigenvalue weighted by Crippen LogP contribution is -2.45. The van der Waals surface area contributed by atoms with E-state index in [9.17, 15) is 19.2 Å². The minimum absolute atomic E-state index is 0.0811. The number of likely N-dealkylation sites (tertiary alicyclic amines) is 1. The van der Waals surface area contributed by atoms with Crippen LogP contribution in [0.1, 0.15) is 79.4 Å². The molecule has 0 bridgehead atoms. The van der Waals surface area contributed by atoms with Crippen LogP contribution in [0.25, 0.3) is 0 Å². The first-order valence-corrected chi connectivity index (χ1v) is 14.5. The molecule has 1 aromatic heterocycles. The van der Waals surface area contributed by atoms with Gasteiger partial charge in [0.05, 0.1) is 12.5 Å². The number of rotatable bonds is 10. The van der Waals surface area contributed by atoms with Crippen molar-refractivity contribution in [1.82, 2.24) is 24.5 Å². The second-order valence-electron chi connectivity index (χ2n) is 10.6. The Balaban J connectivity index is 1.43. The Morgan fingerprint density at radius 2 is 1.88 bits per heavy atom. The van der Waals surface area contributed by atoms with Gasteiger partial charge < -0.3 is 19.4 Å². The second kappa shape index (κ2) is 13.6. The van der Waals surface area contributed by atoms with Gasteiger partial charge in [-0.1, -0.05) is 37.3 Å². The number of aromatic nitrogens is 2. The number of aryl methyl sites for hydroxylation is 1. The van der Waals surface area contributed by atoms with Crippen molar-refractivity contribution in [2.24, 2.45) is 5.92 Å². The Morgan fingerprint density at radius 1 is 1.10 bits per heavy atom. The van der Waals surface area contributed by atoms with Crippen molar-refractivity contribution in [1.29, 1.82) is 0 Å². The van der Waals surface area contributed by atoms with Crippen LogP contribution in [-0.4, -0.2) is 87.0 Å². The minimum Gasteiger partial charge on any atom is -0.466 e. The zero-order chi connectivity index (χ0) is 28.6. The molecular formula is C30H41N5O5. The summed E-state index contributed by atoms with van der Waals surface area (Å²) in [7, 11) is 0. The molecule has 4 rings (SSSR count). The standard InChI is InChI=1S/C30H41N5O5/c1-4-22(3)34(18-14-27(36)32-15-9-13-24(21-32)30(39)40-5-2)28(37)25-19-26-29(38)33(16-10-17-35(26)31-25)20-23-11-7-6-8-12-23/h6-8,11-12,19,22,24H,4-5,9-10,13-18,20-21H2,1-3H3/t22-,24+/m1/s1. The minimum atomic E-state index is -0.301. The van der Waals surface area contributed by atoms with E-state index >= 15 is 0 Å². The molecule has 1 fully saturated rings. The molecule has 3 heterocycles. The predicted molar refractivity (Wildman–Crippen MR) is 149 cm³/mol. The van der Waals surface area contributed by atoms with E-state index in [1.807, 2.05) is 44.2 Å². The molecule has 10 nitrogen and oxygen atoms in total. The molecule has 0 spiro atoms. The quantitative estimate of drug-likeness (QED) is 0.420. The van der Waals surface area contributed by atoms with Gasteiger partial charge in [0.2, 0.25) is 5.91 Å². The summed E-state index contributed by atoms with van der Waals surface area (Å²) in [4.78, 5) is 57.6. The molecule has 0 radical (unpaired) electrons. The van der Waals surface area contributed by atoms with Crippen LogP contribution >= 0.6 is 0 Å². The zero-order valence-corrected chi connectivity index (χ0v) is 23.9. The zero-order valence-electron chi connectivity index (χ0n) is 23.9. The maximum atomic E-state index is 13.7. The van der Waals surface area contributed by atoms with E-state index in [0.717, 1.165) is 18.4 Å². The number of fused-ring (bicyclic) bond motifs is 1. The largest absolute Gasteiger partial charge is 0.466 e. The summed E-state index contributed by atoms with van der Waals surface area (Å²) in [6, 6.07) is 11.3. The van der Waals surface area contributed by atoms with Crippen molar-refractivity contribution < 1.29 is 23.9 Å². The number of ether oxygens (including phenoxy) is 1. The first-order valence-electron chi connectivity index (χ1n) is 14.5. The predicted octanol–water partition coefficient (Wildman–Crippen LogP) is 3.36. The average molecular weight is 552 g/mol. The number of benzene rings is 1. The van der Waals surface area contributed by atoms with Gasteiger partial charge in [0.25, 0.3) is 11.8 Å². The lowest BCUT2D eigenvalue weighted by Gasteiger charge is -2.33. The van der Waals surface area contributed by atoms with Crippen LogP contribution in [0.15, 0.2) is 36.4 Å². The van der Waals surface area contributed by atoms with Crippen LogP contribution in [0.4, 0.5) is 0 Å². The number of hydrogen-bond acceptors (Lipinski definition) is 6. The van der Waals surface area contributed by atoms with Crippen LogP contribution in [0.2, 0.25) is 0 Å². The van der Waals surface area contributed by atoms with Gasteiger partial charge in [-0.3, -0.25) is 23.9 Å². The topological polar surface area (TPSA) is 105 Å². The van der Waals surface area contributed by atoms with E-state index in [-0.39, 0.29) is 54.3 Å². The van der Waals surface area contributed by atoms with Gasteiger partial charge in [0.1, 0.15) is 5.69 Å². The van der Waals surface area contributed by atoms with E-state index in [1.54, 1.807) is 32.4 Å². The molecule has 2 aliphatic heterocycles. The number of hydrogen-bond donors (Lipinski definition) is 0. The normalized spacial score (nSPS) is 18.1. The summed E-state index contributed by atoms with van der Waals surface area (Å²) in [6.45, 7) is 8.91. The number of carbonyl (C=O) groups excluding carboxylic acids is 4. The van der Waals surface area contributed by atoms with Crippen molar-refractivity contribution in [2.75, 3.05) is 32.8 Å². The fourth-order valence-corrected chi connectivity index (χ4v) is 5.41. The van der Waals surface area contributed by atoms with E-state index < -0.39 is 0 Å². The maximum absolute atomic E-state index is 13.7. The first kappa shape index (κ1) is 29.3. The highest BCUT2D eigenvalue weighted by atomic mass is 16.5. The van der Waals surface area contributed by atoms with Gasteiger partial charge >= 0.3 is 5.97 Å². The molecule has 10 heteroatoms. The Labute approximate surface area is 236 Å². The van der Waals surface area contributed by atoms with Crippen LogP contribution in [0.5, 0.6) is 0 Å². The van der Waals surface area contributed by atoms with Gasteiger partial charge in [0, 0.05) is 57.8 Å². The van der Waals surface area contributed by atoms with Crippen molar-refractivity contribution in [3.05, 3.63) is 53.3 Å². The fraction of sp³-hybridized carbons (Fsp3) is 0.567. The van der Waals surface area contributed by atoms with E-state index in [2.05, 4.69) is 5.10 Å². The molecule has 0 N–H and O–H groups in total. The Hall–Kier alpha value is -3.69. The molecule has 2 atom stereocenters. The van der Waals surface area contributed by atoms with Crippen LogP contribution in [0.3, 0.4) is 0 Å². The molecule has 0 saturated carbocycles. The Bertz CT molecular complexity index is 1200. The van der Waals surface area contributed by atoms with Gasteiger partial charge in [0.15, 0.2) is 5.69 Å². The summed E-state index contributed by atoms with van der Waals surface area (Å²) in [6.07, 6.45) is 3.08. The third-order valence-corrected chi connectivity index (χ3v) is 7.86. The molecule has 0 unspecified atom stereocenters. The van der Waals surface area contributed by atoms with Gasteiger partial charge in [-0.05, 0) is 45.1 Å². The van der Waals surface area contributed by atoms with E-state index in [4.69, 9.17) is 4.74 Å². The van der Waals surface area contributed by atoms with Crippen molar-refractivity contribution in [2.45, 2.75) is 72.0 Å². The number of esters is 1. The summed E-state index contributed by atoms with van der Waals surface area (Å²) in [5.41, 5.74) is 1.68. The molecular weight excluding hydrogens is 510 g/mol. The summed E-state index contributed by atoms with van der Waals surface area (Å²) in [5.74, 6) is -1.06. The lowest BCUT2D eigenvalue weighted by molar-refractivity contribution is -0.151. The van der Waals surface area contributed by atoms with Gasteiger partial charge in [-0.2, -0.15) is 5.10 Å². The Kier molecular flexibility index (Phi) is 9.95. The summed E-state index contributed by atoms with van der Waals surface area (Å²) >= 11 is 0. The third kappa shape index (κ3) is 6.89. The average Bonchev–Trinajstić information content (AvgIpc) is 3.35.